The molecular formula is C17H11ClN4OS. The number of amides is 1. The number of benzene rings is 1. The molecular weight excluding hydrogens is 344 g/mol. The summed E-state index contributed by atoms with van der Waals surface area (Å²) in [6.45, 7) is 0. The van der Waals surface area contributed by atoms with E-state index >= 15 is 0 Å². The second-order valence-corrected chi connectivity index (χ2v) is 6.45. The van der Waals surface area contributed by atoms with Crippen LogP contribution in [0.25, 0.3) is 15.9 Å². The molecule has 4 aromatic rings. The first-order chi connectivity index (χ1) is 11.7. The maximum atomic E-state index is 12.7. The molecule has 0 aliphatic heterocycles. The zero-order valence-electron chi connectivity index (χ0n) is 12.3. The van der Waals surface area contributed by atoms with Crippen LogP contribution in [0.1, 0.15) is 9.67 Å². The number of hydrogen-bond acceptors (Lipinski definition) is 4. The van der Waals surface area contributed by atoms with Gasteiger partial charge in [-0.3, -0.25) is 4.79 Å². The Kier molecular flexibility index (Phi) is 3.76. The van der Waals surface area contributed by atoms with Gasteiger partial charge in [0.15, 0.2) is 5.82 Å². The van der Waals surface area contributed by atoms with Crippen molar-refractivity contribution >= 4 is 44.6 Å². The van der Waals surface area contributed by atoms with Crippen molar-refractivity contribution in [3.63, 3.8) is 0 Å². The van der Waals surface area contributed by atoms with Gasteiger partial charge in [-0.15, -0.1) is 11.3 Å². The molecule has 1 aromatic carbocycles. The lowest BCUT2D eigenvalue weighted by atomic mass is 10.2. The standard InChI is InChI=1S/C17H11ClN4OS/c18-14-11-5-1-2-7-13(11)24-15(14)17(23)21-12-6-3-8-19-16(12)22-10-4-9-20-22/h1-10H,(H,21,23). The first kappa shape index (κ1) is 14.9. The fraction of sp³-hybridized carbons (Fsp3) is 0. The maximum Gasteiger partial charge on any atom is 0.267 e. The number of aromatic nitrogens is 3. The first-order valence-corrected chi connectivity index (χ1v) is 8.37. The van der Waals surface area contributed by atoms with Crippen molar-refractivity contribution in [2.75, 3.05) is 5.32 Å². The Hall–Kier alpha value is -2.70. The number of hydrogen-bond donors (Lipinski definition) is 1. The van der Waals surface area contributed by atoms with Crippen LogP contribution in [0.2, 0.25) is 5.02 Å². The SMILES string of the molecule is O=C(Nc1cccnc1-n1cccn1)c1sc2ccccc2c1Cl. The third-order valence-electron chi connectivity index (χ3n) is 3.50. The molecule has 0 bridgehead atoms. The van der Waals surface area contributed by atoms with Crippen LogP contribution < -0.4 is 5.32 Å². The second-order valence-electron chi connectivity index (χ2n) is 5.02. The quantitative estimate of drug-likeness (QED) is 0.593. The number of thiophene rings is 1. The van der Waals surface area contributed by atoms with E-state index in [-0.39, 0.29) is 5.91 Å². The largest absolute Gasteiger partial charge is 0.318 e. The van der Waals surface area contributed by atoms with E-state index < -0.39 is 0 Å². The number of nitrogens with zero attached hydrogens (tertiary/aromatic N) is 3. The Morgan fingerprint density at radius 1 is 1.12 bits per heavy atom. The minimum atomic E-state index is -0.261. The molecule has 4 rings (SSSR count). The topological polar surface area (TPSA) is 59.8 Å². The van der Waals surface area contributed by atoms with Crippen LogP contribution in [0.4, 0.5) is 5.69 Å². The minimum absolute atomic E-state index is 0.261. The van der Waals surface area contributed by atoms with Crippen molar-refractivity contribution in [3.8, 4) is 5.82 Å². The highest BCUT2D eigenvalue weighted by Crippen LogP contribution is 2.35. The number of pyridine rings is 1. The summed E-state index contributed by atoms with van der Waals surface area (Å²) in [5.74, 6) is 0.288. The van der Waals surface area contributed by atoms with Gasteiger partial charge in [0.05, 0.1) is 10.7 Å². The van der Waals surface area contributed by atoms with Crippen molar-refractivity contribution in [2.24, 2.45) is 0 Å². The van der Waals surface area contributed by atoms with Gasteiger partial charge in [0.1, 0.15) is 4.88 Å². The average molecular weight is 355 g/mol. The fourth-order valence-electron chi connectivity index (χ4n) is 2.41. The Balaban J connectivity index is 1.71. The molecule has 0 fully saturated rings. The van der Waals surface area contributed by atoms with E-state index in [1.807, 2.05) is 24.3 Å². The number of nitrogens with one attached hydrogen (secondary N) is 1. The lowest BCUT2D eigenvalue weighted by Gasteiger charge is -2.09. The summed E-state index contributed by atoms with van der Waals surface area (Å²) in [6, 6.07) is 13.0. The van der Waals surface area contributed by atoms with E-state index in [4.69, 9.17) is 11.6 Å². The van der Waals surface area contributed by atoms with Crippen LogP contribution >= 0.6 is 22.9 Å². The van der Waals surface area contributed by atoms with Crippen LogP contribution in [0, 0.1) is 0 Å². The van der Waals surface area contributed by atoms with Gasteiger partial charge >= 0.3 is 0 Å². The lowest BCUT2D eigenvalue weighted by Crippen LogP contribution is -2.13. The summed E-state index contributed by atoms with van der Waals surface area (Å²) in [5, 5.41) is 8.39. The number of halogens is 1. The van der Waals surface area contributed by atoms with Crippen molar-refractivity contribution in [2.45, 2.75) is 0 Å². The van der Waals surface area contributed by atoms with E-state index in [0.717, 1.165) is 10.1 Å². The zero-order chi connectivity index (χ0) is 16.5. The van der Waals surface area contributed by atoms with Gasteiger partial charge in [-0.05, 0) is 24.3 Å². The predicted octanol–water partition coefficient (Wildman–Crippen LogP) is 4.39. The summed E-state index contributed by atoms with van der Waals surface area (Å²) < 4.78 is 2.58. The molecule has 3 heterocycles. The Labute approximate surface area is 146 Å². The number of fused-ring (bicyclic) bond motifs is 1. The van der Waals surface area contributed by atoms with Gasteiger partial charge in [0.25, 0.3) is 5.91 Å². The van der Waals surface area contributed by atoms with Crippen LogP contribution in [0.5, 0.6) is 0 Å². The Bertz CT molecular complexity index is 1030. The van der Waals surface area contributed by atoms with Crippen LogP contribution in [0.15, 0.2) is 61.1 Å². The highest BCUT2D eigenvalue weighted by Gasteiger charge is 2.18. The highest BCUT2D eigenvalue weighted by molar-refractivity contribution is 7.21. The molecule has 1 amide bonds. The monoisotopic (exact) mass is 354 g/mol. The van der Waals surface area contributed by atoms with Crippen LogP contribution in [-0.2, 0) is 0 Å². The van der Waals surface area contributed by atoms with E-state index in [2.05, 4.69) is 15.4 Å². The molecule has 5 nitrogen and oxygen atoms in total. The summed E-state index contributed by atoms with van der Waals surface area (Å²) in [6.07, 6.45) is 5.08. The van der Waals surface area contributed by atoms with Crippen molar-refractivity contribution in [1.29, 1.82) is 0 Å². The normalized spacial score (nSPS) is 10.9. The number of carbonyl (C=O) groups excluding carboxylic acids is 1. The second kappa shape index (κ2) is 6.07. The number of rotatable bonds is 3. The van der Waals surface area contributed by atoms with E-state index in [9.17, 15) is 4.79 Å². The van der Waals surface area contributed by atoms with Gasteiger partial charge in [0.2, 0.25) is 0 Å². The van der Waals surface area contributed by atoms with Crippen LogP contribution in [-0.4, -0.2) is 20.7 Å². The smallest absolute Gasteiger partial charge is 0.267 e. The molecule has 1 N–H and O–H groups in total. The molecule has 118 valence electrons. The fourth-order valence-corrected chi connectivity index (χ4v) is 3.82. The molecule has 0 spiro atoms. The van der Waals surface area contributed by atoms with Crippen molar-refractivity contribution in [3.05, 3.63) is 71.0 Å². The molecule has 7 heteroatoms. The summed E-state index contributed by atoms with van der Waals surface area (Å²) >= 11 is 7.74. The maximum absolute atomic E-state index is 12.7. The van der Waals surface area contributed by atoms with E-state index in [1.165, 1.54) is 11.3 Å². The Morgan fingerprint density at radius 3 is 2.79 bits per heavy atom. The van der Waals surface area contributed by atoms with Gasteiger partial charge in [-0.2, -0.15) is 5.10 Å². The number of carbonyl (C=O) groups is 1. The molecule has 0 saturated carbocycles. The molecule has 0 aliphatic rings. The molecule has 0 unspecified atom stereocenters. The van der Waals surface area contributed by atoms with Crippen molar-refractivity contribution < 1.29 is 4.79 Å². The van der Waals surface area contributed by atoms with E-state index in [0.29, 0.717) is 21.4 Å². The summed E-state index contributed by atoms with van der Waals surface area (Å²) in [5.41, 5.74) is 0.569. The zero-order valence-corrected chi connectivity index (χ0v) is 13.9. The average Bonchev–Trinajstić information content (AvgIpc) is 3.24. The lowest BCUT2D eigenvalue weighted by molar-refractivity contribution is 0.103. The third kappa shape index (κ3) is 2.55. The summed E-state index contributed by atoms with van der Waals surface area (Å²) in [7, 11) is 0. The third-order valence-corrected chi connectivity index (χ3v) is 5.17. The number of anilines is 1. The molecule has 0 saturated heterocycles. The first-order valence-electron chi connectivity index (χ1n) is 7.17. The summed E-state index contributed by atoms with van der Waals surface area (Å²) in [4.78, 5) is 17.5. The highest BCUT2D eigenvalue weighted by atomic mass is 35.5. The van der Waals surface area contributed by atoms with Gasteiger partial charge in [-0.1, -0.05) is 29.8 Å². The molecule has 24 heavy (non-hydrogen) atoms. The van der Waals surface area contributed by atoms with Gasteiger partial charge in [-0.25, -0.2) is 9.67 Å². The minimum Gasteiger partial charge on any atom is -0.318 e. The van der Waals surface area contributed by atoms with Crippen LogP contribution in [0.3, 0.4) is 0 Å². The van der Waals surface area contributed by atoms with E-state index in [1.54, 1.807) is 41.5 Å². The molecule has 0 aliphatic carbocycles. The molecule has 3 aromatic heterocycles. The molecule has 0 atom stereocenters. The van der Waals surface area contributed by atoms with Gasteiger partial charge < -0.3 is 5.32 Å². The van der Waals surface area contributed by atoms with Crippen molar-refractivity contribution in [1.82, 2.24) is 14.8 Å². The predicted molar refractivity (Wildman–Crippen MR) is 96.1 cm³/mol. The molecule has 0 radical (unpaired) electrons. The Morgan fingerprint density at radius 2 is 2.00 bits per heavy atom. The van der Waals surface area contributed by atoms with Gasteiger partial charge in [0, 0.05) is 28.7 Å².